The molecule has 1 radical (unpaired) electrons. The normalized spacial score (nSPS) is 15.5. The van der Waals surface area contributed by atoms with Crippen LogP contribution in [0.5, 0.6) is 0 Å². The predicted octanol–water partition coefficient (Wildman–Crippen LogP) is 6.37. The molecule has 0 spiro atoms. The fourth-order valence-corrected chi connectivity index (χ4v) is 4.73. The van der Waals surface area contributed by atoms with E-state index in [0.717, 1.165) is 30.5 Å². The summed E-state index contributed by atoms with van der Waals surface area (Å²) in [5.74, 6) is -0.391. The molecule has 0 saturated carbocycles. The quantitative estimate of drug-likeness (QED) is 0.173. The fourth-order valence-electron chi connectivity index (χ4n) is 3.90. The maximum atomic E-state index is 12.4. The number of allylic oxidation sites excluding steroid dienone is 4. The van der Waals surface area contributed by atoms with Gasteiger partial charge in [0.15, 0.2) is 0 Å². The van der Waals surface area contributed by atoms with E-state index in [9.17, 15) is 14.4 Å². The summed E-state index contributed by atoms with van der Waals surface area (Å²) >= 11 is 1.65. The molecule has 2 heterocycles. The summed E-state index contributed by atoms with van der Waals surface area (Å²) < 4.78 is 0. The largest absolute Gasteiger partial charge is 0.358 e. The van der Waals surface area contributed by atoms with E-state index in [4.69, 9.17) is 0 Å². The van der Waals surface area contributed by atoms with Crippen LogP contribution in [0.2, 0.25) is 0 Å². The van der Waals surface area contributed by atoms with E-state index in [1.54, 1.807) is 16.2 Å². The molecular formula is C32H54N4O3SY-2. The number of hydrogen-bond acceptors (Lipinski definition) is 6. The van der Waals surface area contributed by atoms with Crippen molar-refractivity contribution >= 4 is 35.0 Å². The van der Waals surface area contributed by atoms with Crippen molar-refractivity contribution in [3.63, 3.8) is 0 Å². The van der Waals surface area contributed by atoms with Crippen molar-refractivity contribution in [2.24, 2.45) is 5.41 Å². The summed E-state index contributed by atoms with van der Waals surface area (Å²) in [6, 6.07) is -0.924. The Balaban J connectivity index is -0.000000583. The number of aryl methyl sites for hydroxylation is 1. The van der Waals surface area contributed by atoms with Gasteiger partial charge in [-0.15, -0.1) is 11.3 Å². The van der Waals surface area contributed by atoms with Gasteiger partial charge in [-0.05, 0) is 44.7 Å². The van der Waals surface area contributed by atoms with E-state index in [2.05, 4.69) is 61.5 Å². The van der Waals surface area contributed by atoms with Crippen LogP contribution in [0.25, 0.3) is 5.57 Å². The summed E-state index contributed by atoms with van der Waals surface area (Å²) in [5.41, 5.74) is 4.99. The van der Waals surface area contributed by atoms with E-state index in [-0.39, 0.29) is 63.4 Å². The maximum absolute atomic E-state index is 12.4. The molecule has 1 aliphatic rings. The number of carbonyl (C=O) groups is 3. The summed E-state index contributed by atoms with van der Waals surface area (Å²) in [6.45, 7) is 20.9. The zero-order valence-electron chi connectivity index (χ0n) is 27.2. The average Bonchev–Trinajstić information content (AvgIpc) is 3.52. The molecule has 1 aromatic rings. The van der Waals surface area contributed by atoms with Gasteiger partial charge in [0.2, 0.25) is 11.8 Å². The van der Waals surface area contributed by atoms with Crippen LogP contribution in [0.3, 0.4) is 0 Å². The summed E-state index contributed by atoms with van der Waals surface area (Å²) in [7, 11) is 1.95. The second kappa shape index (κ2) is 24.0. The number of thiazole rings is 1. The first-order chi connectivity index (χ1) is 18.4. The molecule has 9 heteroatoms. The van der Waals surface area contributed by atoms with E-state index in [0.29, 0.717) is 13.0 Å². The van der Waals surface area contributed by atoms with E-state index in [1.165, 1.54) is 30.2 Å². The molecule has 2 rings (SSSR count). The van der Waals surface area contributed by atoms with E-state index < -0.39 is 6.04 Å². The number of carbonyl (C=O) groups excluding carboxylic acids is 3. The number of aromatic nitrogens is 1. The summed E-state index contributed by atoms with van der Waals surface area (Å²) in [4.78, 5) is 41.6. The first-order valence-corrected chi connectivity index (χ1v) is 14.6. The number of hydrogen-bond donors (Lipinski definition) is 2. The van der Waals surface area contributed by atoms with Crippen molar-refractivity contribution in [1.82, 2.24) is 20.5 Å². The van der Waals surface area contributed by atoms with Crippen LogP contribution < -0.4 is 10.6 Å². The van der Waals surface area contributed by atoms with Crippen molar-refractivity contribution in [3.05, 3.63) is 60.3 Å². The third-order valence-electron chi connectivity index (χ3n) is 6.01. The molecule has 0 aromatic carbocycles. The van der Waals surface area contributed by atoms with Gasteiger partial charge in [-0.2, -0.15) is 12.8 Å². The molecular weight excluding hydrogens is 609 g/mol. The van der Waals surface area contributed by atoms with Gasteiger partial charge in [-0.25, -0.2) is 4.98 Å². The van der Waals surface area contributed by atoms with Gasteiger partial charge in [-0.1, -0.05) is 65.0 Å². The van der Waals surface area contributed by atoms with Gasteiger partial charge in [0.05, 0.1) is 22.1 Å². The summed E-state index contributed by atoms with van der Waals surface area (Å²) in [6.07, 6.45) is 13.2. The molecule has 1 aromatic heterocycles. The first kappa shape index (κ1) is 44.0. The Kier molecular flexibility index (Phi) is 25.8. The zero-order valence-corrected chi connectivity index (χ0v) is 30.8. The number of nitrogens with one attached hydrogen (secondary N) is 2. The van der Waals surface area contributed by atoms with Crippen LogP contribution in [-0.2, 0) is 47.1 Å². The van der Waals surface area contributed by atoms with E-state index >= 15 is 0 Å². The molecule has 231 valence electrons. The Morgan fingerprint density at radius 1 is 1.24 bits per heavy atom. The zero-order chi connectivity index (χ0) is 30.0. The Bertz CT molecular complexity index is 964. The average molecular weight is 664 g/mol. The minimum atomic E-state index is -0.587. The Labute approximate surface area is 280 Å². The standard InChI is InChI=1S/C13H22N2O3.C13H18N2S.C5H11.CH3.Y/c1-9(17)14-11(13(2,3)4)12(18)15-7-5-6-10(15)8-16;1-5-12(7-6-10(2)8-14-4)13-11(3)15-9-16-13;1-3-5-4-2;;/h8,10-11H,5-7H2,1-4H3,(H,14,17);5-7,9,14H,1,8H2,2-4H3;5H,3-4H2,1-2H3;1H3;/q;;2*-1;/b;10-6+,12-7+;;;. The monoisotopic (exact) mass is 663 g/mol. The second-order valence-electron chi connectivity index (χ2n) is 10.6. The molecule has 41 heavy (non-hydrogen) atoms. The van der Waals surface area contributed by atoms with Gasteiger partial charge in [0.25, 0.3) is 0 Å². The SMILES string of the molecule is C=C/C(=C\C=C(/C)CNC)c1scnc1C.CC(=O)NC(C(=O)N1CCCC1C=O)C(C)(C)C.CC[CH-]CC.[CH3-].[Y]. The van der Waals surface area contributed by atoms with Gasteiger partial charge >= 0.3 is 0 Å². The number of nitrogens with zero attached hydrogens (tertiary/aromatic N) is 2. The number of unbranched alkanes of at least 4 members (excludes halogenated alkanes) is 2. The molecule has 0 bridgehead atoms. The van der Waals surface area contributed by atoms with Gasteiger partial charge in [0.1, 0.15) is 12.3 Å². The predicted molar refractivity (Wildman–Crippen MR) is 172 cm³/mol. The van der Waals surface area contributed by atoms with Gasteiger partial charge in [0, 0.05) is 52.7 Å². The molecule has 2 amide bonds. The summed E-state index contributed by atoms with van der Waals surface area (Å²) in [5, 5.41) is 5.82. The van der Waals surface area contributed by atoms with Crippen LogP contribution in [0.15, 0.2) is 35.9 Å². The van der Waals surface area contributed by atoms with Crippen LogP contribution in [0.4, 0.5) is 0 Å². The third kappa shape index (κ3) is 17.3. The molecule has 1 aliphatic heterocycles. The Morgan fingerprint density at radius 3 is 2.24 bits per heavy atom. The minimum absolute atomic E-state index is 0. The van der Waals surface area contributed by atoms with Crippen molar-refractivity contribution in [3.8, 4) is 0 Å². The van der Waals surface area contributed by atoms with Crippen LogP contribution in [0.1, 0.15) is 84.7 Å². The molecule has 7 nitrogen and oxygen atoms in total. The minimum Gasteiger partial charge on any atom is -0.358 e. The van der Waals surface area contributed by atoms with E-state index in [1.807, 2.05) is 46.3 Å². The maximum Gasteiger partial charge on any atom is 0.246 e. The van der Waals surface area contributed by atoms with Crippen LogP contribution >= 0.6 is 11.3 Å². The molecule has 2 unspecified atom stereocenters. The number of amides is 2. The molecule has 1 saturated heterocycles. The van der Waals surface area contributed by atoms with Gasteiger partial charge < -0.3 is 34.2 Å². The number of rotatable bonds is 10. The van der Waals surface area contributed by atoms with Crippen LogP contribution in [-0.4, -0.2) is 60.2 Å². The van der Waals surface area contributed by atoms with Gasteiger partial charge in [-0.3, -0.25) is 9.59 Å². The molecule has 1 fully saturated rings. The second-order valence-corrected chi connectivity index (χ2v) is 11.5. The van der Waals surface area contributed by atoms with Crippen molar-refractivity contribution in [2.45, 2.75) is 93.2 Å². The van der Waals surface area contributed by atoms with Crippen molar-refractivity contribution in [2.75, 3.05) is 20.1 Å². The van der Waals surface area contributed by atoms with Crippen LogP contribution in [0, 0.1) is 26.2 Å². The Hall–Kier alpha value is -1.48. The molecule has 2 N–H and O–H groups in total. The fraction of sp³-hybridized carbons (Fsp3) is 0.562. The third-order valence-corrected chi connectivity index (χ3v) is 6.99. The van der Waals surface area contributed by atoms with Crippen molar-refractivity contribution in [1.29, 1.82) is 0 Å². The smallest absolute Gasteiger partial charge is 0.246 e. The number of likely N-dealkylation sites (N-methyl/N-ethyl adjacent to an activating group) is 1. The topological polar surface area (TPSA) is 91.4 Å². The first-order valence-electron chi connectivity index (χ1n) is 13.8. The Morgan fingerprint density at radius 2 is 1.85 bits per heavy atom. The number of aldehydes is 1. The van der Waals surface area contributed by atoms with Crippen molar-refractivity contribution < 1.29 is 47.1 Å². The number of likely N-dealkylation sites (tertiary alicyclic amines) is 1. The molecule has 0 aliphatic carbocycles. The molecule has 2 atom stereocenters.